The number of carbonyl (C=O) groups excluding carboxylic acids is 1. The predicted molar refractivity (Wildman–Crippen MR) is 134 cm³/mol. The van der Waals surface area contributed by atoms with Gasteiger partial charge in [0.1, 0.15) is 17.4 Å². The zero-order valence-corrected chi connectivity index (χ0v) is 21.2. The highest BCUT2D eigenvalue weighted by molar-refractivity contribution is 7.89. The van der Waals surface area contributed by atoms with E-state index in [-0.39, 0.29) is 10.5 Å². The van der Waals surface area contributed by atoms with Crippen LogP contribution in [0.5, 0.6) is 5.75 Å². The van der Waals surface area contributed by atoms with Crippen molar-refractivity contribution in [3.8, 4) is 5.75 Å². The molecule has 1 aliphatic carbocycles. The highest BCUT2D eigenvalue weighted by Crippen LogP contribution is 2.35. The molecule has 0 amide bonds. The molecule has 0 saturated carbocycles. The molecule has 1 aromatic heterocycles. The van der Waals surface area contributed by atoms with E-state index in [1.165, 1.54) is 12.1 Å². The first-order chi connectivity index (χ1) is 16.7. The molecular weight excluding hydrogens is 466 g/mol. The number of fused-ring (bicyclic) bond motifs is 3. The highest BCUT2D eigenvalue weighted by Gasteiger charge is 2.29. The number of hydrogen-bond donors (Lipinski definition) is 1. The van der Waals surface area contributed by atoms with Crippen molar-refractivity contribution in [2.45, 2.75) is 76.7 Å². The number of hydrogen-bond acceptors (Lipinski definition) is 6. The lowest BCUT2D eigenvalue weighted by atomic mass is 9.90. The van der Waals surface area contributed by atoms with E-state index >= 15 is 0 Å². The summed E-state index contributed by atoms with van der Waals surface area (Å²) in [6.07, 6.45) is 4.91. The van der Waals surface area contributed by atoms with Gasteiger partial charge in [0.15, 0.2) is 0 Å². The molecular formula is C27H31NO6S. The molecule has 0 aliphatic heterocycles. The van der Waals surface area contributed by atoms with Crippen LogP contribution in [0, 0.1) is 13.8 Å². The second kappa shape index (κ2) is 10.3. The van der Waals surface area contributed by atoms with Gasteiger partial charge < -0.3 is 9.15 Å². The van der Waals surface area contributed by atoms with Crippen molar-refractivity contribution in [3.05, 3.63) is 69.1 Å². The lowest BCUT2D eigenvalue weighted by Gasteiger charge is -2.21. The van der Waals surface area contributed by atoms with Crippen molar-refractivity contribution < 1.29 is 22.4 Å². The molecule has 4 rings (SSSR count). The van der Waals surface area contributed by atoms with Crippen LogP contribution in [0.1, 0.15) is 61.3 Å². The van der Waals surface area contributed by atoms with Crippen molar-refractivity contribution in [1.82, 2.24) is 4.72 Å². The van der Waals surface area contributed by atoms with Crippen LogP contribution >= 0.6 is 0 Å². The maximum atomic E-state index is 13.3. The standard InChI is InChI=1S/C27H31NO6S/c1-4-5-10-22(28-35(31,32)19-13-11-17(2)12-14-19)27(30)34-24-16-18(3)15-23-25(24)20-8-6-7-9-21(20)26(29)33-23/h11-16,22,28H,4-10H2,1-3H3/t22-/m1/s1. The van der Waals surface area contributed by atoms with Crippen molar-refractivity contribution in [3.63, 3.8) is 0 Å². The maximum Gasteiger partial charge on any atom is 0.339 e. The number of esters is 1. The number of benzene rings is 2. The average molecular weight is 498 g/mol. The second-order valence-electron chi connectivity index (χ2n) is 9.24. The van der Waals surface area contributed by atoms with Gasteiger partial charge in [-0.15, -0.1) is 0 Å². The van der Waals surface area contributed by atoms with Crippen LogP contribution in [0.3, 0.4) is 0 Å². The van der Waals surface area contributed by atoms with Crippen LogP contribution in [-0.2, 0) is 27.7 Å². The Labute approximate surface area is 205 Å². The van der Waals surface area contributed by atoms with Crippen LogP contribution in [-0.4, -0.2) is 20.4 Å². The zero-order valence-electron chi connectivity index (χ0n) is 20.3. The van der Waals surface area contributed by atoms with Crippen LogP contribution in [0.4, 0.5) is 0 Å². The van der Waals surface area contributed by atoms with E-state index in [1.54, 1.807) is 24.3 Å². The Kier molecular flexibility index (Phi) is 7.42. The summed E-state index contributed by atoms with van der Waals surface area (Å²) in [6, 6.07) is 8.90. The number of unbranched alkanes of at least 4 members (excludes halogenated alkanes) is 1. The molecule has 1 aliphatic rings. The van der Waals surface area contributed by atoms with Gasteiger partial charge in [-0.1, -0.05) is 37.5 Å². The van der Waals surface area contributed by atoms with Gasteiger partial charge in [-0.25, -0.2) is 18.0 Å². The molecule has 8 heteroatoms. The fraction of sp³-hybridized carbons (Fsp3) is 0.407. The van der Waals surface area contributed by atoms with E-state index in [9.17, 15) is 18.0 Å². The summed E-state index contributed by atoms with van der Waals surface area (Å²) in [5, 5.41) is 0.619. The van der Waals surface area contributed by atoms with Crippen molar-refractivity contribution in [2.75, 3.05) is 0 Å². The van der Waals surface area contributed by atoms with Gasteiger partial charge in [-0.05, 0) is 81.3 Å². The van der Waals surface area contributed by atoms with Gasteiger partial charge in [0, 0.05) is 5.56 Å². The number of nitrogens with one attached hydrogen (secondary N) is 1. The van der Waals surface area contributed by atoms with Crippen LogP contribution in [0.2, 0.25) is 0 Å². The lowest BCUT2D eigenvalue weighted by molar-refractivity contribution is -0.136. The van der Waals surface area contributed by atoms with Crippen LogP contribution < -0.4 is 15.1 Å². The molecule has 0 radical (unpaired) electrons. The largest absolute Gasteiger partial charge is 0.425 e. The molecule has 0 fully saturated rings. The van der Waals surface area contributed by atoms with E-state index in [2.05, 4.69) is 4.72 Å². The van der Waals surface area contributed by atoms with E-state index in [1.807, 2.05) is 20.8 Å². The third-order valence-electron chi connectivity index (χ3n) is 6.40. The maximum absolute atomic E-state index is 13.3. The predicted octanol–water partition coefficient (Wildman–Crippen LogP) is 4.73. The molecule has 186 valence electrons. The van der Waals surface area contributed by atoms with Gasteiger partial charge >= 0.3 is 11.6 Å². The fourth-order valence-electron chi connectivity index (χ4n) is 4.53. The molecule has 7 nitrogen and oxygen atoms in total. The molecule has 1 atom stereocenters. The summed E-state index contributed by atoms with van der Waals surface area (Å²) in [5.41, 5.74) is 3.23. The Morgan fingerprint density at radius 1 is 1.06 bits per heavy atom. The molecule has 0 spiro atoms. The van der Waals surface area contributed by atoms with E-state index in [0.717, 1.165) is 36.0 Å². The molecule has 2 aromatic carbocycles. The molecule has 0 bridgehead atoms. The lowest BCUT2D eigenvalue weighted by Crippen LogP contribution is -2.43. The van der Waals surface area contributed by atoms with E-state index in [0.29, 0.717) is 48.0 Å². The first-order valence-corrected chi connectivity index (χ1v) is 13.6. The molecule has 35 heavy (non-hydrogen) atoms. The topological polar surface area (TPSA) is 103 Å². The number of sulfonamides is 1. The van der Waals surface area contributed by atoms with E-state index < -0.39 is 22.0 Å². The second-order valence-corrected chi connectivity index (χ2v) is 11.0. The first-order valence-electron chi connectivity index (χ1n) is 12.1. The van der Waals surface area contributed by atoms with Crippen molar-refractivity contribution >= 4 is 27.0 Å². The van der Waals surface area contributed by atoms with Crippen molar-refractivity contribution in [1.29, 1.82) is 0 Å². The summed E-state index contributed by atoms with van der Waals surface area (Å²) in [4.78, 5) is 25.9. The third-order valence-corrected chi connectivity index (χ3v) is 7.89. The van der Waals surface area contributed by atoms with Gasteiger partial charge in [-0.3, -0.25) is 0 Å². The Hall–Kier alpha value is -2.97. The van der Waals surface area contributed by atoms with Gasteiger partial charge in [-0.2, -0.15) is 4.72 Å². The number of rotatable bonds is 8. The highest BCUT2D eigenvalue weighted by atomic mass is 32.2. The summed E-state index contributed by atoms with van der Waals surface area (Å²) in [6.45, 7) is 5.67. The average Bonchev–Trinajstić information content (AvgIpc) is 2.81. The van der Waals surface area contributed by atoms with Gasteiger partial charge in [0.2, 0.25) is 10.0 Å². The smallest absolute Gasteiger partial charge is 0.339 e. The van der Waals surface area contributed by atoms with Crippen LogP contribution in [0.15, 0.2) is 50.5 Å². The first kappa shape index (κ1) is 25.1. The third kappa shape index (κ3) is 5.49. The molecule has 3 aromatic rings. The molecule has 1 heterocycles. The van der Waals surface area contributed by atoms with E-state index in [4.69, 9.17) is 9.15 Å². The Balaban J connectivity index is 1.69. The number of ether oxygens (including phenoxy) is 1. The van der Waals surface area contributed by atoms with Gasteiger partial charge in [0.05, 0.1) is 10.3 Å². The zero-order chi connectivity index (χ0) is 25.2. The Morgan fingerprint density at radius 3 is 2.43 bits per heavy atom. The summed E-state index contributed by atoms with van der Waals surface area (Å²) in [7, 11) is -3.93. The summed E-state index contributed by atoms with van der Waals surface area (Å²) in [5.74, 6) is -0.389. The normalized spacial score (nSPS) is 14.5. The minimum Gasteiger partial charge on any atom is -0.425 e. The minimum atomic E-state index is -3.93. The summed E-state index contributed by atoms with van der Waals surface area (Å²) >= 11 is 0. The van der Waals surface area contributed by atoms with Gasteiger partial charge in [0.25, 0.3) is 0 Å². The fourth-order valence-corrected chi connectivity index (χ4v) is 5.75. The molecule has 1 N–H and O–H groups in total. The number of aryl methyl sites for hydroxylation is 3. The Morgan fingerprint density at radius 2 is 1.74 bits per heavy atom. The summed E-state index contributed by atoms with van der Waals surface area (Å²) < 4.78 is 40.0. The minimum absolute atomic E-state index is 0.0919. The van der Waals surface area contributed by atoms with Crippen LogP contribution in [0.25, 0.3) is 11.0 Å². The Bertz CT molecular complexity index is 1410. The molecule has 0 saturated heterocycles. The molecule has 0 unspecified atom stereocenters. The van der Waals surface area contributed by atoms with Crippen molar-refractivity contribution in [2.24, 2.45) is 0 Å². The monoisotopic (exact) mass is 497 g/mol. The quantitative estimate of drug-likeness (QED) is 0.274. The number of carbonyl (C=O) groups is 1. The SMILES string of the molecule is CCCC[C@@H](NS(=O)(=O)c1ccc(C)cc1)C(=O)Oc1cc(C)cc2oc(=O)c3c(c12)CCCC3.